The van der Waals surface area contributed by atoms with Gasteiger partial charge in [-0.1, -0.05) is 276 Å². The molecule has 6 aromatic carbocycles. The molecule has 28 heteroatoms. The van der Waals surface area contributed by atoms with Crippen LogP contribution >= 0.6 is 0 Å². The lowest BCUT2D eigenvalue weighted by Crippen LogP contribution is -2.05. The van der Waals surface area contributed by atoms with Gasteiger partial charge in [-0.25, -0.2) is 0 Å². The molecule has 10 rings (SSSR count). The third kappa shape index (κ3) is 56.9. The number of methoxy groups -OCH3 is 10. The maximum atomic E-state index is 12.1. The molecule has 0 spiro atoms. The summed E-state index contributed by atoms with van der Waals surface area (Å²) in [6.07, 6.45) is 53.5. The quantitative estimate of drug-likeness (QED) is 0.0156. The van der Waals surface area contributed by atoms with Crippen molar-refractivity contribution in [1.29, 1.82) is 0 Å². The van der Waals surface area contributed by atoms with E-state index >= 15 is 0 Å². The molecular weight excluding hydrogens is 1900 g/mol. The van der Waals surface area contributed by atoms with Crippen LogP contribution in [0.1, 0.15) is 274 Å². The van der Waals surface area contributed by atoms with Crippen LogP contribution in [0.4, 0.5) is 0 Å². The van der Waals surface area contributed by atoms with Crippen molar-refractivity contribution in [2.45, 2.75) is 280 Å². The largest absolute Gasteiger partial charge is 0.504 e. The molecule has 0 bridgehead atoms. The van der Waals surface area contributed by atoms with Gasteiger partial charge >= 0.3 is 23.9 Å². The molecule has 0 amide bonds. The summed E-state index contributed by atoms with van der Waals surface area (Å²) in [6.45, 7) is 24.9. The number of carboxylic acid groups (broad SMARTS) is 1. The van der Waals surface area contributed by atoms with Gasteiger partial charge in [-0.05, 0) is 203 Å². The van der Waals surface area contributed by atoms with E-state index in [1.54, 1.807) is 125 Å². The lowest BCUT2D eigenvalue weighted by molar-refractivity contribution is -0.146. The van der Waals surface area contributed by atoms with Crippen LogP contribution in [0.5, 0.6) is 69.0 Å². The Hall–Kier alpha value is -14.4. The number of ether oxygens (including phenoxy) is 16. The number of hydrogen-bond donors (Lipinski definition) is 4. The Bertz CT molecular complexity index is 5150. The van der Waals surface area contributed by atoms with Crippen LogP contribution in [0.25, 0.3) is 0 Å². The second-order valence-corrected chi connectivity index (χ2v) is 34.6. The number of carboxylic acids is 1. The smallest absolute Gasteiger partial charge is 0.306 e. The molecule has 4 N–H and O–H groups in total. The van der Waals surface area contributed by atoms with E-state index in [1.807, 2.05) is 48.5 Å². The molecule has 6 aromatic rings. The zero-order valence-electron chi connectivity index (χ0n) is 89.6. The number of benzene rings is 6. The minimum atomic E-state index is -0.663. The number of carbonyl (C=O) groups excluding carboxylic acids is 7. The van der Waals surface area contributed by atoms with E-state index in [1.165, 1.54) is 209 Å². The lowest BCUT2D eigenvalue weighted by atomic mass is 10.1. The van der Waals surface area contributed by atoms with Gasteiger partial charge in [0.2, 0.25) is 23.1 Å². The fourth-order valence-corrected chi connectivity index (χ4v) is 14.2. The van der Waals surface area contributed by atoms with Crippen molar-refractivity contribution in [1.82, 2.24) is 0 Å². The maximum Gasteiger partial charge on any atom is 0.306 e. The molecule has 0 unspecified atom stereocenters. The number of phenolic OH excluding ortho intramolecular Hbond substituents is 3. The highest BCUT2D eigenvalue weighted by molar-refractivity contribution is 6.06. The van der Waals surface area contributed by atoms with Crippen LogP contribution in [0, 0.1) is 0 Å². The molecule has 4 aliphatic rings. The van der Waals surface area contributed by atoms with Gasteiger partial charge in [0.25, 0.3) is 0 Å². The van der Waals surface area contributed by atoms with E-state index in [4.69, 9.17) is 80.9 Å². The van der Waals surface area contributed by atoms with E-state index in [2.05, 4.69) is 54.0 Å². The number of esters is 3. The van der Waals surface area contributed by atoms with Crippen molar-refractivity contribution in [2.24, 2.45) is 0 Å². The Balaban J connectivity index is 0.000000617. The van der Waals surface area contributed by atoms with Gasteiger partial charge in [0.05, 0.1) is 71.1 Å². The Morgan fingerprint density at radius 3 is 0.638 bits per heavy atom. The third-order valence-corrected chi connectivity index (χ3v) is 22.7. The number of allylic oxidation sites excluding steroid dienone is 16. The number of carbonyl (C=O) groups is 8. The van der Waals surface area contributed by atoms with E-state index in [9.17, 15) is 53.7 Å². The Kier molecular flexibility index (Phi) is 69.9. The van der Waals surface area contributed by atoms with E-state index in [-0.39, 0.29) is 98.8 Å². The number of aliphatic carboxylic acids is 1. The molecule has 0 heterocycles. The van der Waals surface area contributed by atoms with E-state index < -0.39 is 5.97 Å². The summed E-state index contributed by atoms with van der Waals surface area (Å²) in [6, 6.07) is 31.6. The summed E-state index contributed by atoms with van der Waals surface area (Å²) in [5.41, 5.74) is 8.22. The highest BCUT2D eigenvalue weighted by Crippen LogP contribution is 2.36. The molecule has 149 heavy (non-hydrogen) atoms. The first-order valence-corrected chi connectivity index (χ1v) is 50.8. The molecule has 816 valence electrons. The molecule has 0 aromatic heterocycles. The van der Waals surface area contributed by atoms with Crippen LogP contribution in [0.2, 0.25) is 0 Å². The molecule has 0 saturated carbocycles. The van der Waals surface area contributed by atoms with Crippen molar-refractivity contribution in [3.8, 4) is 69.0 Å². The van der Waals surface area contributed by atoms with Crippen LogP contribution < -0.4 is 42.6 Å². The molecule has 28 nitrogen and oxygen atoms in total. The first kappa shape index (κ1) is 131. The highest BCUT2D eigenvalue weighted by Gasteiger charge is 2.19. The number of aromatic hydroxyl groups is 3. The lowest BCUT2D eigenvalue weighted by Gasteiger charge is -2.15. The monoisotopic (exact) mass is 2070 g/mol. The minimum absolute atomic E-state index is 0. The highest BCUT2D eigenvalue weighted by atomic mass is 16.6. The van der Waals surface area contributed by atoms with Crippen molar-refractivity contribution >= 4 is 47.0 Å². The molecule has 0 aliphatic heterocycles. The van der Waals surface area contributed by atoms with Crippen LogP contribution in [0.15, 0.2) is 254 Å². The van der Waals surface area contributed by atoms with Crippen LogP contribution in [-0.4, -0.2) is 139 Å². The summed E-state index contributed by atoms with van der Waals surface area (Å²) >= 11 is 0. The average molecular weight is 2070 g/mol. The first-order valence-electron chi connectivity index (χ1n) is 50.8. The fourth-order valence-electron chi connectivity index (χ4n) is 14.2. The van der Waals surface area contributed by atoms with Gasteiger partial charge in [-0.15, -0.1) is 0 Å². The van der Waals surface area contributed by atoms with Gasteiger partial charge in [0.1, 0.15) is 39.6 Å². The zero-order chi connectivity index (χ0) is 109. The molecule has 0 saturated heterocycles. The summed E-state index contributed by atoms with van der Waals surface area (Å²) in [7, 11) is 15.1. The fraction of sp³-hybridized carbons (Fsp3) is 0.438. The van der Waals surface area contributed by atoms with E-state index in [0.29, 0.717) is 107 Å². The molecule has 0 radical (unpaired) electrons. The summed E-state index contributed by atoms with van der Waals surface area (Å²) in [5, 5.41) is 37.3. The standard InChI is InChI=1S/C34H44O8.C26H36O6.C18H28O4.C10H20O2.4C8H8O2.CH4/c1-5-6-7-8-9-10-11-12-34(36)42-24-27-15-18-30(33(21-27)39-4)41-23-26-14-17-29(32(20-26)38-3)40-22-25-13-16-28(35)31(19-25)37-2;1-4-5-6-7-8-9-10-11-26(28)32-19-21-13-15-23(25(17-21)30-3)31-18-20-12-14-22(27)24(16-20)29-2;1-3-4-5-6-7-8-9-10-18(20)22-14-15-11-12-16(19)17(13-15)21-2;1-2-3-4-5-6-7-8-9-10(11)12;4*1-6-3-4-7(9)8(5-6)10-2;/h13-21,35H,5-12,22-24H2,1-4H3;12-17,27H,4-11,18-19H2,1-3H3;11-13,19H,3-10,14H2,1-2H3;2-9H2,1H3,(H,11,12);4*3-5H,1H2,2H3;1H4. The number of phenols is 3. The number of rotatable bonds is 57. The molecule has 0 fully saturated rings. The molecular formula is C121H164O28. The number of unbranched alkanes of at least 4 members (excludes halogenated alkanes) is 24. The SMILES string of the molecule is C.C=C1C=CC(=O)C(OC)=C1.C=C1C=CC(=O)C(OC)=C1.C=C1C=CC(=O)C(OC)=C1.C=C1C=CC(=O)C(OC)=C1.CCCCCCCCCC(=O)O.CCCCCCCCCC(=O)OCc1ccc(O)c(OC)c1.CCCCCCCCCC(=O)OCc1ccc(OCc2ccc(O)c(OC)c2)c(OC)c1.CCCCCCCCCC(=O)OCc1ccc(OCc2ccc(OCc3ccc(O)c(OC)c3)c(OC)c2)c(OC)c1. The predicted octanol–water partition coefficient (Wildman–Crippen LogP) is 27.2. The third-order valence-electron chi connectivity index (χ3n) is 22.7. The number of ketones is 4. The van der Waals surface area contributed by atoms with Crippen molar-refractivity contribution in [3.05, 3.63) is 287 Å². The van der Waals surface area contributed by atoms with E-state index in [0.717, 1.165) is 107 Å². The Morgan fingerprint density at radius 1 is 0.242 bits per heavy atom. The molecule has 4 aliphatic carbocycles. The first-order chi connectivity index (χ1) is 71.4. The van der Waals surface area contributed by atoms with Gasteiger partial charge in [0.15, 0.2) is 92.0 Å². The van der Waals surface area contributed by atoms with Gasteiger partial charge in [0, 0.05) is 25.7 Å². The van der Waals surface area contributed by atoms with Gasteiger partial charge in [-0.2, -0.15) is 0 Å². The average Bonchev–Trinajstić information content (AvgIpc) is 0.842. The summed E-state index contributed by atoms with van der Waals surface area (Å²) < 4.78 is 84.9. The normalized spacial score (nSPS) is 12.2. The van der Waals surface area contributed by atoms with Crippen molar-refractivity contribution in [3.63, 3.8) is 0 Å². The molecule has 0 atom stereocenters. The van der Waals surface area contributed by atoms with Crippen molar-refractivity contribution < 1.29 is 135 Å². The van der Waals surface area contributed by atoms with Crippen LogP contribution in [-0.2, 0) is 111 Å². The maximum absolute atomic E-state index is 12.1. The Morgan fingerprint density at radius 2 is 0.436 bits per heavy atom. The summed E-state index contributed by atoms with van der Waals surface area (Å²) in [5.74, 6) is 4.69. The zero-order valence-corrected chi connectivity index (χ0v) is 89.6. The Labute approximate surface area is 884 Å². The predicted molar refractivity (Wildman–Crippen MR) is 584 cm³/mol. The van der Waals surface area contributed by atoms with Crippen molar-refractivity contribution in [2.75, 3.05) is 71.1 Å². The minimum Gasteiger partial charge on any atom is -0.504 e. The second kappa shape index (κ2) is 79.7. The van der Waals surface area contributed by atoms with Crippen LogP contribution in [0.3, 0.4) is 0 Å². The topological polar surface area (TPSA) is 365 Å². The second-order valence-electron chi connectivity index (χ2n) is 34.6. The summed E-state index contributed by atoms with van der Waals surface area (Å²) in [4.78, 5) is 89.4. The number of hydrogen-bond acceptors (Lipinski definition) is 27. The van der Waals surface area contributed by atoms with Gasteiger partial charge in [-0.3, -0.25) is 38.4 Å². The van der Waals surface area contributed by atoms with Gasteiger partial charge < -0.3 is 96.2 Å².